The lowest BCUT2D eigenvalue weighted by molar-refractivity contribution is -0.135. The molecule has 3 rings (SSSR count). The van der Waals surface area contributed by atoms with Gasteiger partial charge in [-0.25, -0.2) is 4.79 Å². The number of nitrogens with one attached hydrogen (secondary N) is 2. The molecule has 0 spiro atoms. The molecule has 2 unspecified atom stereocenters. The topological polar surface area (TPSA) is 76.7 Å². The van der Waals surface area contributed by atoms with E-state index in [1.165, 1.54) is 0 Å². The summed E-state index contributed by atoms with van der Waals surface area (Å²) in [5.41, 5.74) is 1.61. The van der Waals surface area contributed by atoms with Crippen molar-refractivity contribution in [2.24, 2.45) is 5.92 Å². The van der Waals surface area contributed by atoms with Gasteiger partial charge in [-0.3, -0.25) is 4.79 Å². The first-order chi connectivity index (χ1) is 13.1. The summed E-state index contributed by atoms with van der Waals surface area (Å²) in [5, 5.41) is 5.46. The fourth-order valence-corrected chi connectivity index (χ4v) is 3.01. The van der Waals surface area contributed by atoms with Crippen LogP contribution in [0.1, 0.15) is 31.2 Å². The molecular weight excluding hydrogens is 344 g/mol. The normalized spacial score (nSPS) is 17.7. The van der Waals surface area contributed by atoms with Crippen LogP contribution in [0.4, 0.5) is 10.5 Å². The van der Waals surface area contributed by atoms with Crippen LogP contribution >= 0.6 is 0 Å². The van der Waals surface area contributed by atoms with E-state index in [1.54, 1.807) is 31.4 Å². The van der Waals surface area contributed by atoms with Gasteiger partial charge in [-0.15, -0.1) is 0 Å². The minimum Gasteiger partial charge on any atom is -0.496 e. The number of carbonyl (C=O) groups excluding carboxylic acids is 2. The molecule has 0 aromatic heterocycles. The average molecular weight is 368 g/mol. The fourth-order valence-electron chi connectivity index (χ4n) is 3.01. The third kappa shape index (κ3) is 4.78. The van der Waals surface area contributed by atoms with Crippen molar-refractivity contribution in [3.8, 4) is 11.5 Å². The number of ether oxygens (including phenoxy) is 2. The van der Waals surface area contributed by atoms with Gasteiger partial charge in [0.05, 0.1) is 13.0 Å². The Morgan fingerprint density at radius 1 is 1.15 bits per heavy atom. The summed E-state index contributed by atoms with van der Waals surface area (Å²) in [4.78, 5) is 24.2. The number of carbonyl (C=O) groups is 2. The molecule has 27 heavy (non-hydrogen) atoms. The second kappa shape index (κ2) is 8.58. The monoisotopic (exact) mass is 368 g/mol. The highest BCUT2D eigenvalue weighted by Crippen LogP contribution is 2.50. The van der Waals surface area contributed by atoms with E-state index in [0.717, 1.165) is 24.2 Å². The average Bonchev–Trinajstić information content (AvgIpc) is 3.47. The minimum absolute atomic E-state index is 0.120. The molecule has 2 amide bonds. The van der Waals surface area contributed by atoms with Crippen molar-refractivity contribution in [2.45, 2.75) is 25.7 Å². The number of para-hydroxylation sites is 1. The highest BCUT2D eigenvalue weighted by Gasteiger charge is 2.46. The third-order valence-electron chi connectivity index (χ3n) is 4.48. The van der Waals surface area contributed by atoms with Crippen molar-refractivity contribution in [3.63, 3.8) is 0 Å². The van der Waals surface area contributed by atoms with E-state index in [-0.39, 0.29) is 23.8 Å². The predicted molar refractivity (Wildman–Crippen MR) is 103 cm³/mol. The predicted octanol–water partition coefficient (Wildman–Crippen LogP) is 3.94. The second-order valence-corrected chi connectivity index (χ2v) is 6.52. The maximum Gasteiger partial charge on any atom is 0.319 e. The quantitative estimate of drug-likeness (QED) is 0.573. The SMILES string of the molecule is CCCNC(=O)Nc1cccc(OC(=O)C2CC2c2ccccc2OC)c1. The van der Waals surface area contributed by atoms with E-state index in [1.807, 2.05) is 31.2 Å². The molecule has 142 valence electrons. The number of hydrogen-bond donors (Lipinski definition) is 2. The summed E-state index contributed by atoms with van der Waals surface area (Å²) in [6, 6.07) is 14.3. The van der Waals surface area contributed by atoms with Crippen LogP contribution in [0.25, 0.3) is 0 Å². The van der Waals surface area contributed by atoms with Crippen molar-refractivity contribution in [2.75, 3.05) is 19.0 Å². The highest BCUT2D eigenvalue weighted by atomic mass is 16.5. The van der Waals surface area contributed by atoms with Crippen LogP contribution in [0.5, 0.6) is 11.5 Å². The van der Waals surface area contributed by atoms with Crippen LogP contribution in [0.2, 0.25) is 0 Å². The van der Waals surface area contributed by atoms with E-state index < -0.39 is 0 Å². The number of methoxy groups -OCH3 is 1. The Labute approximate surface area is 158 Å². The van der Waals surface area contributed by atoms with Gasteiger partial charge in [0.2, 0.25) is 0 Å². The summed E-state index contributed by atoms with van der Waals surface area (Å²) < 4.78 is 10.9. The van der Waals surface area contributed by atoms with Crippen molar-refractivity contribution in [1.82, 2.24) is 5.32 Å². The summed E-state index contributed by atoms with van der Waals surface area (Å²) in [7, 11) is 1.63. The summed E-state index contributed by atoms with van der Waals surface area (Å²) in [6.07, 6.45) is 1.61. The van der Waals surface area contributed by atoms with Gasteiger partial charge in [0.1, 0.15) is 11.5 Å². The second-order valence-electron chi connectivity index (χ2n) is 6.52. The molecule has 2 aromatic rings. The van der Waals surface area contributed by atoms with Crippen LogP contribution in [-0.2, 0) is 4.79 Å². The highest BCUT2D eigenvalue weighted by molar-refractivity contribution is 5.89. The lowest BCUT2D eigenvalue weighted by Gasteiger charge is -2.09. The molecule has 1 fully saturated rings. The Bertz CT molecular complexity index is 821. The first-order valence-corrected chi connectivity index (χ1v) is 9.12. The van der Waals surface area contributed by atoms with E-state index in [9.17, 15) is 9.59 Å². The van der Waals surface area contributed by atoms with Crippen LogP contribution in [0.15, 0.2) is 48.5 Å². The van der Waals surface area contributed by atoms with Crippen molar-refractivity contribution < 1.29 is 19.1 Å². The maximum atomic E-state index is 12.5. The van der Waals surface area contributed by atoms with E-state index in [4.69, 9.17) is 9.47 Å². The molecule has 1 aliphatic carbocycles. The van der Waals surface area contributed by atoms with Crippen LogP contribution in [-0.4, -0.2) is 25.7 Å². The van der Waals surface area contributed by atoms with Gasteiger partial charge in [0.25, 0.3) is 0 Å². The van der Waals surface area contributed by atoms with E-state index in [2.05, 4.69) is 10.6 Å². The van der Waals surface area contributed by atoms with Gasteiger partial charge in [-0.2, -0.15) is 0 Å². The molecule has 1 aliphatic rings. The molecule has 2 atom stereocenters. The zero-order valence-electron chi connectivity index (χ0n) is 15.5. The standard InChI is InChI=1S/C21H24N2O4/c1-3-11-22-21(25)23-14-7-6-8-15(12-14)27-20(24)18-13-17(18)16-9-4-5-10-19(16)26-2/h4-10,12,17-18H,3,11,13H2,1-2H3,(H2,22,23,25). The lowest BCUT2D eigenvalue weighted by atomic mass is 10.1. The smallest absolute Gasteiger partial charge is 0.319 e. The number of urea groups is 1. The Morgan fingerprint density at radius 3 is 2.74 bits per heavy atom. The van der Waals surface area contributed by atoms with Gasteiger partial charge in [0, 0.05) is 24.2 Å². The molecule has 2 aromatic carbocycles. The summed E-state index contributed by atoms with van der Waals surface area (Å²) in [5.74, 6) is 0.889. The maximum absolute atomic E-state index is 12.5. The first-order valence-electron chi connectivity index (χ1n) is 9.12. The molecule has 2 N–H and O–H groups in total. The van der Waals surface area contributed by atoms with E-state index >= 15 is 0 Å². The van der Waals surface area contributed by atoms with Gasteiger partial charge < -0.3 is 20.1 Å². The summed E-state index contributed by atoms with van der Waals surface area (Å²) in [6.45, 7) is 2.59. The Hall–Kier alpha value is -3.02. The Morgan fingerprint density at radius 2 is 1.96 bits per heavy atom. The zero-order valence-corrected chi connectivity index (χ0v) is 15.5. The minimum atomic E-state index is -0.279. The number of hydrogen-bond acceptors (Lipinski definition) is 4. The van der Waals surface area contributed by atoms with Gasteiger partial charge in [-0.1, -0.05) is 31.2 Å². The zero-order chi connectivity index (χ0) is 19.2. The number of rotatable bonds is 7. The number of benzene rings is 2. The molecule has 0 aliphatic heterocycles. The first kappa shape index (κ1) is 18.8. The number of amides is 2. The molecule has 0 heterocycles. The van der Waals surface area contributed by atoms with Gasteiger partial charge in [0.15, 0.2) is 0 Å². The van der Waals surface area contributed by atoms with Crippen LogP contribution in [0, 0.1) is 5.92 Å². The molecule has 0 bridgehead atoms. The van der Waals surface area contributed by atoms with Crippen molar-refractivity contribution in [3.05, 3.63) is 54.1 Å². The van der Waals surface area contributed by atoms with Crippen molar-refractivity contribution in [1.29, 1.82) is 0 Å². The molecular formula is C21H24N2O4. The van der Waals surface area contributed by atoms with Crippen molar-refractivity contribution >= 4 is 17.7 Å². The molecule has 0 saturated heterocycles. The summed E-state index contributed by atoms with van der Waals surface area (Å²) >= 11 is 0. The van der Waals surface area contributed by atoms with E-state index in [0.29, 0.717) is 18.0 Å². The van der Waals surface area contributed by atoms with Crippen LogP contribution < -0.4 is 20.1 Å². The largest absolute Gasteiger partial charge is 0.496 e. The molecule has 6 heteroatoms. The molecule has 6 nitrogen and oxygen atoms in total. The lowest BCUT2D eigenvalue weighted by Crippen LogP contribution is -2.29. The molecule has 0 radical (unpaired) electrons. The number of anilines is 1. The van der Waals surface area contributed by atoms with Gasteiger partial charge in [-0.05, 0) is 36.6 Å². The Balaban J connectivity index is 1.59. The molecule has 1 saturated carbocycles. The fraction of sp³-hybridized carbons (Fsp3) is 0.333. The van der Waals surface area contributed by atoms with Crippen LogP contribution in [0.3, 0.4) is 0 Å². The van der Waals surface area contributed by atoms with Gasteiger partial charge >= 0.3 is 12.0 Å². The Kier molecular flexibility index (Phi) is 5.96. The third-order valence-corrected chi connectivity index (χ3v) is 4.48. The number of esters is 1.